The summed E-state index contributed by atoms with van der Waals surface area (Å²) in [5.74, 6) is -0.594. The summed E-state index contributed by atoms with van der Waals surface area (Å²) in [4.78, 5) is 40.7. The summed E-state index contributed by atoms with van der Waals surface area (Å²) in [6.45, 7) is 5.49. The second-order valence-electron chi connectivity index (χ2n) is 8.21. The molecule has 1 saturated carbocycles. The van der Waals surface area contributed by atoms with Crippen LogP contribution in [0, 0.1) is 0 Å². The molecule has 26 heavy (non-hydrogen) atoms. The predicted octanol–water partition coefficient (Wildman–Crippen LogP) is 3.88. The van der Waals surface area contributed by atoms with Gasteiger partial charge < -0.3 is 10.2 Å². The molecule has 0 spiro atoms. The maximum atomic E-state index is 12.7. The van der Waals surface area contributed by atoms with Gasteiger partial charge in [-0.25, -0.2) is 4.79 Å². The van der Waals surface area contributed by atoms with E-state index < -0.39 is 5.54 Å². The van der Waals surface area contributed by atoms with Gasteiger partial charge in [0.25, 0.3) is 11.8 Å². The van der Waals surface area contributed by atoms with Crippen LogP contribution in [-0.4, -0.2) is 46.3 Å². The van der Waals surface area contributed by atoms with E-state index >= 15 is 0 Å². The van der Waals surface area contributed by atoms with Crippen LogP contribution in [0.4, 0.5) is 10.5 Å². The van der Waals surface area contributed by atoms with Crippen molar-refractivity contribution >= 4 is 23.5 Å². The standard InChI is InChI=1S/C20H27N3O3/c1-20(2,3)23-17(24)15-11-10-13(12-16(15)18(23)25)21-19(26)22(4)14-8-6-5-7-9-14/h10-12,14H,5-9H2,1-4H3,(H,21,26). The summed E-state index contributed by atoms with van der Waals surface area (Å²) in [7, 11) is 1.81. The monoisotopic (exact) mass is 357 g/mol. The Morgan fingerprint density at radius 2 is 1.69 bits per heavy atom. The van der Waals surface area contributed by atoms with Gasteiger partial charge in [0, 0.05) is 24.3 Å². The quantitative estimate of drug-likeness (QED) is 0.817. The van der Waals surface area contributed by atoms with Crippen molar-refractivity contribution in [2.24, 2.45) is 0 Å². The number of fused-ring (bicyclic) bond motifs is 1. The Hall–Kier alpha value is -2.37. The Morgan fingerprint density at radius 3 is 2.31 bits per heavy atom. The molecule has 1 aromatic carbocycles. The van der Waals surface area contributed by atoms with Crippen LogP contribution in [-0.2, 0) is 0 Å². The highest BCUT2D eigenvalue weighted by atomic mass is 16.2. The van der Waals surface area contributed by atoms with Crippen molar-refractivity contribution < 1.29 is 14.4 Å². The predicted molar refractivity (Wildman–Crippen MR) is 100 cm³/mol. The van der Waals surface area contributed by atoms with Crippen molar-refractivity contribution in [3.05, 3.63) is 29.3 Å². The van der Waals surface area contributed by atoms with Gasteiger partial charge in [-0.05, 0) is 51.8 Å². The zero-order chi connectivity index (χ0) is 19.1. The molecule has 1 aliphatic carbocycles. The van der Waals surface area contributed by atoms with E-state index in [-0.39, 0.29) is 23.9 Å². The number of anilines is 1. The fourth-order valence-corrected chi connectivity index (χ4v) is 3.77. The lowest BCUT2D eigenvalue weighted by Crippen LogP contribution is -2.45. The number of benzene rings is 1. The summed E-state index contributed by atoms with van der Waals surface area (Å²) < 4.78 is 0. The zero-order valence-corrected chi connectivity index (χ0v) is 16.0. The molecule has 1 aromatic rings. The normalized spacial score (nSPS) is 18.1. The Kier molecular flexibility index (Phi) is 4.78. The number of amides is 4. The molecular weight excluding hydrogens is 330 g/mol. The minimum absolute atomic E-state index is 0.179. The molecule has 6 nitrogen and oxygen atoms in total. The van der Waals surface area contributed by atoms with Gasteiger partial charge in [0.1, 0.15) is 0 Å². The van der Waals surface area contributed by atoms with Gasteiger partial charge in [0.2, 0.25) is 0 Å². The highest BCUT2D eigenvalue weighted by molar-refractivity contribution is 6.22. The molecule has 1 N–H and O–H groups in total. The van der Waals surface area contributed by atoms with Crippen LogP contribution in [0.3, 0.4) is 0 Å². The highest BCUT2D eigenvalue weighted by Crippen LogP contribution is 2.31. The lowest BCUT2D eigenvalue weighted by molar-refractivity contribution is 0.0507. The molecular formula is C20H27N3O3. The van der Waals surface area contributed by atoms with Gasteiger partial charge in [0.15, 0.2) is 0 Å². The van der Waals surface area contributed by atoms with Crippen LogP contribution < -0.4 is 5.32 Å². The number of carbonyl (C=O) groups excluding carboxylic acids is 3. The van der Waals surface area contributed by atoms with Gasteiger partial charge in [-0.3, -0.25) is 14.5 Å². The van der Waals surface area contributed by atoms with Gasteiger partial charge in [0.05, 0.1) is 11.1 Å². The molecule has 140 valence electrons. The first-order valence-corrected chi connectivity index (χ1v) is 9.27. The van der Waals surface area contributed by atoms with Crippen LogP contribution in [0.15, 0.2) is 18.2 Å². The summed E-state index contributed by atoms with van der Waals surface area (Å²) in [6, 6.07) is 4.99. The SMILES string of the molecule is CN(C(=O)Nc1ccc2c(c1)C(=O)N(C(C)(C)C)C2=O)C1CCCCC1. The fourth-order valence-electron chi connectivity index (χ4n) is 3.77. The van der Waals surface area contributed by atoms with E-state index in [1.807, 2.05) is 27.8 Å². The second kappa shape index (κ2) is 6.74. The van der Waals surface area contributed by atoms with Gasteiger partial charge >= 0.3 is 6.03 Å². The maximum absolute atomic E-state index is 12.7. The number of hydrogen-bond acceptors (Lipinski definition) is 3. The number of rotatable bonds is 2. The Balaban J connectivity index is 1.76. The number of nitrogens with zero attached hydrogens (tertiary/aromatic N) is 2. The summed E-state index contributed by atoms with van der Waals surface area (Å²) >= 11 is 0. The van der Waals surface area contributed by atoms with Crippen molar-refractivity contribution in [1.82, 2.24) is 9.80 Å². The number of imide groups is 1. The largest absolute Gasteiger partial charge is 0.325 e. The maximum Gasteiger partial charge on any atom is 0.321 e. The third kappa shape index (κ3) is 3.32. The van der Waals surface area contributed by atoms with Crippen molar-refractivity contribution in [3.63, 3.8) is 0 Å². The van der Waals surface area contributed by atoms with E-state index in [0.717, 1.165) is 25.7 Å². The average molecular weight is 357 g/mol. The minimum Gasteiger partial charge on any atom is -0.325 e. The van der Waals surface area contributed by atoms with Crippen LogP contribution in [0.25, 0.3) is 0 Å². The molecule has 1 fully saturated rings. The van der Waals surface area contributed by atoms with Crippen LogP contribution in [0.1, 0.15) is 73.6 Å². The molecule has 0 saturated heterocycles. The second-order valence-corrected chi connectivity index (χ2v) is 8.21. The van der Waals surface area contributed by atoms with Crippen LogP contribution in [0.5, 0.6) is 0 Å². The van der Waals surface area contributed by atoms with Gasteiger partial charge in [-0.1, -0.05) is 19.3 Å². The van der Waals surface area contributed by atoms with E-state index in [1.54, 1.807) is 23.1 Å². The van der Waals surface area contributed by atoms with Crippen molar-refractivity contribution in [1.29, 1.82) is 0 Å². The van der Waals surface area contributed by atoms with Gasteiger partial charge in [-0.2, -0.15) is 0 Å². The number of urea groups is 1. The van der Waals surface area contributed by atoms with Crippen molar-refractivity contribution in [2.45, 2.75) is 64.5 Å². The van der Waals surface area contributed by atoms with Crippen molar-refractivity contribution in [3.8, 4) is 0 Å². The lowest BCUT2D eigenvalue weighted by atomic mass is 9.95. The zero-order valence-electron chi connectivity index (χ0n) is 16.0. The highest BCUT2D eigenvalue weighted by Gasteiger charge is 2.41. The fraction of sp³-hybridized carbons (Fsp3) is 0.550. The molecule has 4 amide bonds. The first-order chi connectivity index (χ1) is 12.2. The molecule has 1 aliphatic heterocycles. The van der Waals surface area contributed by atoms with Gasteiger partial charge in [-0.15, -0.1) is 0 Å². The Bertz CT molecular complexity index is 745. The third-order valence-electron chi connectivity index (χ3n) is 5.25. The van der Waals surface area contributed by atoms with E-state index in [4.69, 9.17) is 0 Å². The van der Waals surface area contributed by atoms with E-state index in [2.05, 4.69) is 5.32 Å². The topological polar surface area (TPSA) is 69.7 Å². The first kappa shape index (κ1) is 18.4. The number of nitrogens with one attached hydrogen (secondary N) is 1. The van der Waals surface area contributed by atoms with E-state index in [0.29, 0.717) is 16.8 Å². The molecule has 0 aromatic heterocycles. The molecule has 0 bridgehead atoms. The Labute approximate surface area is 154 Å². The van der Waals surface area contributed by atoms with Crippen LogP contribution >= 0.6 is 0 Å². The Morgan fingerprint density at radius 1 is 1.08 bits per heavy atom. The first-order valence-electron chi connectivity index (χ1n) is 9.27. The molecule has 0 unspecified atom stereocenters. The summed E-state index contributed by atoms with van der Waals surface area (Å²) in [5, 5.41) is 2.86. The average Bonchev–Trinajstić information content (AvgIpc) is 2.85. The molecule has 1 heterocycles. The summed E-state index contributed by atoms with van der Waals surface area (Å²) in [6.07, 6.45) is 5.60. The van der Waals surface area contributed by atoms with Crippen molar-refractivity contribution in [2.75, 3.05) is 12.4 Å². The lowest BCUT2D eigenvalue weighted by Gasteiger charge is -2.31. The summed E-state index contributed by atoms with van der Waals surface area (Å²) in [5.41, 5.74) is 0.692. The molecule has 6 heteroatoms. The molecule has 0 atom stereocenters. The smallest absolute Gasteiger partial charge is 0.321 e. The molecule has 0 radical (unpaired) electrons. The third-order valence-corrected chi connectivity index (χ3v) is 5.25. The van der Waals surface area contributed by atoms with Crippen LogP contribution in [0.2, 0.25) is 0 Å². The molecule has 3 rings (SSSR count). The van der Waals surface area contributed by atoms with E-state index in [1.165, 1.54) is 11.3 Å². The van der Waals surface area contributed by atoms with E-state index in [9.17, 15) is 14.4 Å². The number of hydrogen-bond donors (Lipinski definition) is 1. The molecule has 2 aliphatic rings. The minimum atomic E-state index is -0.586. The number of carbonyl (C=O) groups is 3.